The molecule has 0 aliphatic heterocycles. The number of para-hydroxylation sites is 1. The third-order valence-corrected chi connectivity index (χ3v) is 6.27. The second kappa shape index (κ2) is 6.23. The highest BCUT2D eigenvalue weighted by Crippen LogP contribution is 2.60. The standard InChI is InChI=1S/C20H26N2O2/c1-14(20-10-15-7-16(11-20)9-17(8-15)12-20)21-22-19(23)13-24-18-5-3-2-4-6-18/h2-6,15-17H,7-13H2,1H3,(H,22,23)/b21-14-. The van der Waals surface area contributed by atoms with Crippen LogP contribution in [0.15, 0.2) is 35.4 Å². The molecule has 1 amide bonds. The van der Waals surface area contributed by atoms with Crippen molar-refractivity contribution in [3.05, 3.63) is 30.3 Å². The van der Waals surface area contributed by atoms with E-state index in [1.165, 1.54) is 38.5 Å². The molecule has 0 saturated heterocycles. The lowest BCUT2D eigenvalue weighted by molar-refractivity contribution is -0.123. The fourth-order valence-electron chi connectivity index (χ4n) is 5.52. The van der Waals surface area contributed by atoms with Crippen LogP contribution in [-0.2, 0) is 4.79 Å². The van der Waals surface area contributed by atoms with Gasteiger partial charge in [0.2, 0.25) is 0 Å². The maximum Gasteiger partial charge on any atom is 0.277 e. The molecule has 0 atom stereocenters. The fourth-order valence-corrected chi connectivity index (χ4v) is 5.52. The molecule has 4 saturated carbocycles. The van der Waals surface area contributed by atoms with Crippen molar-refractivity contribution < 1.29 is 9.53 Å². The molecule has 4 aliphatic rings. The SMILES string of the molecule is C/C(=N/NC(=O)COc1ccccc1)C12CC3CC(CC(C3)C1)C2. The van der Waals surface area contributed by atoms with E-state index in [1.54, 1.807) is 0 Å². The van der Waals surface area contributed by atoms with E-state index in [9.17, 15) is 4.79 Å². The fraction of sp³-hybridized carbons (Fsp3) is 0.600. The van der Waals surface area contributed by atoms with E-state index < -0.39 is 0 Å². The molecule has 0 unspecified atom stereocenters. The first kappa shape index (κ1) is 15.7. The molecular weight excluding hydrogens is 300 g/mol. The van der Waals surface area contributed by atoms with Crippen LogP contribution >= 0.6 is 0 Å². The minimum Gasteiger partial charge on any atom is -0.484 e. The number of carbonyl (C=O) groups is 1. The zero-order chi connectivity index (χ0) is 16.6. The summed E-state index contributed by atoms with van der Waals surface area (Å²) < 4.78 is 5.47. The van der Waals surface area contributed by atoms with Gasteiger partial charge in [0.05, 0.1) is 0 Å². The predicted octanol–water partition coefficient (Wildman–Crippen LogP) is 3.77. The topological polar surface area (TPSA) is 50.7 Å². The molecule has 1 aromatic carbocycles. The smallest absolute Gasteiger partial charge is 0.277 e. The molecule has 4 fully saturated rings. The summed E-state index contributed by atoms with van der Waals surface area (Å²) >= 11 is 0. The Morgan fingerprint density at radius 1 is 1.12 bits per heavy atom. The number of carbonyl (C=O) groups excluding carboxylic acids is 1. The van der Waals surface area contributed by atoms with E-state index in [1.807, 2.05) is 30.3 Å². The average molecular weight is 326 g/mol. The van der Waals surface area contributed by atoms with Crippen molar-refractivity contribution in [1.82, 2.24) is 5.43 Å². The monoisotopic (exact) mass is 326 g/mol. The van der Waals surface area contributed by atoms with Gasteiger partial charge in [0.1, 0.15) is 5.75 Å². The number of hydrazone groups is 1. The maximum absolute atomic E-state index is 12.0. The molecule has 0 aromatic heterocycles. The van der Waals surface area contributed by atoms with E-state index in [0.29, 0.717) is 5.75 Å². The largest absolute Gasteiger partial charge is 0.484 e. The first-order valence-electron chi connectivity index (χ1n) is 9.14. The number of ether oxygens (including phenoxy) is 1. The van der Waals surface area contributed by atoms with Crippen LogP contribution in [0.2, 0.25) is 0 Å². The quantitative estimate of drug-likeness (QED) is 0.661. The van der Waals surface area contributed by atoms with Gasteiger partial charge in [0.25, 0.3) is 5.91 Å². The molecule has 24 heavy (non-hydrogen) atoms. The number of rotatable bonds is 5. The normalized spacial score (nSPS) is 34.2. The first-order chi connectivity index (χ1) is 11.6. The van der Waals surface area contributed by atoms with Crippen molar-refractivity contribution in [3.63, 3.8) is 0 Å². The number of nitrogens with zero attached hydrogens (tertiary/aromatic N) is 1. The molecule has 4 aliphatic carbocycles. The molecule has 0 heterocycles. The Hall–Kier alpha value is -1.84. The van der Waals surface area contributed by atoms with Crippen molar-refractivity contribution in [2.45, 2.75) is 45.4 Å². The third-order valence-electron chi connectivity index (χ3n) is 6.27. The van der Waals surface area contributed by atoms with Crippen LogP contribution in [0.5, 0.6) is 5.75 Å². The molecule has 4 nitrogen and oxygen atoms in total. The Bertz CT molecular complexity index is 603. The molecule has 5 rings (SSSR count). The summed E-state index contributed by atoms with van der Waals surface area (Å²) in [4.78, 5) is 12.0. The lowest BCUT2D eigenvalue weighted by Gasteiger charge is -2.56. The second-order valence-electron chi connectivity index (χ2n) is 8.03. The molecule has 1 aromatic rings. The molecule has 1 N–H and O–H groups in total. The van der Waals surface area contributed by atoms with Crippen molar-refractivity contribution in [2.24, 2.45) is 28.3 Å². The van der Waals surface area contributed by atoms with Crippen molar-refractivity contribution in [3.8, 4) is 5.75 Å². The molecule has 128 valence electrons. The summed E-state index contributed by atoms with van der Waals surface area (Å²) in [5.41, 5.74) is 4.07. The molecule has 4 bridgehead atoms. The van der Waals surface area contributed by atoms with Crippen molar-refractivity contribution in [2.75, 3.05) is 6.61 Å². The number of benzene rings is 1. The predicted molar refractivity (Wildman–Crippen MR) is 93.8 cm³/mol. The number of amides is 1. The van der Waals surface area contributed by atoms with Gasteiger partial charge in [0, 0.05) is 11.1 Å². The average Bonchev–Trinajstić information content (AvgIpc) is 2.57. The summed E-state index contributed by atoms with van der Waals surface area (Å²) in [7, 11) is 0. The van der Waals surface area contributed by atoms with Gasteiger partial charge >= 0.3 is 0 Å². The van der Waals surface area contributed by atoms with E-state index in [-0.39, 0.29) is 17.9 Å². The van der Waals surface area contributed by atoms with E-state index >= 15 is 0 Å². The Labute approximate surface area is 143 Å². The first-order valence-corrected chi connectivity index (χ1v) is 9.14. The molecule has 4 heteroatoms. The van der Waals surface area contributed by atoms with Gasteiger partial charge < -0.3 is 4.74 Å². The maximum atomic E-state index is 12.0. The van der Waals surface area contributed by atoms with Crippen molar-refractivity contribution >= 4 is 11.6 Å². The summed E-state index contributed by atoms with van der Waals surface area (Å²) in [6.45, 7) is 2.10. The Morgan fingerprint density at radius 3 is 2.29 bits per heavy atom. The van der Waals surface area contributed by atoms with Crippen LogP contribution in [0, 0.1) is 23.2 Å². The summed E-state index contributed by atoms with van der Waals surface area (Å²) in [5.74, 6) is 3.17. The van der Waals surface area contributed by atoms with Crippen LogP contribution in [0.3, 0.4) is 0 Å². The lowest BCUT2D eigenvalue weighted by atomic mass is 9.48. The van der Waals surface area contributed by atoms with Gasteiger partial charge in [0.15, 0.2) is 6.61 Å². The van der Waals surface area contributed by atoms with Crippen LogP contribution in [0.4, 0.5) is 0 Å². The minimum absolute atomic E-state index is 0.00166. The zero-order valence-electron chi connectivity index (χ0n) is 14.3. The Kier molecular flexibility index (Phi) is 4.07. The zero-order valence-corrected chi connectivity index (χ0v) is 14.3. The van der Waals surface area contributed by atoms with Crippen molar-refractivity contribution in [1.29, 1.82) is 0 Å². The van der Waals surface area contributed by atoms with Gasteiger partial charge in [-0.1, -0.05) is 18.2 Å². The van der Waals surface area contributed by atoms with Gasteiger partial charge in [-0.15, -0.1) is 0 Å². The summed E-state index contributed by atoms with van der Waals surface area (Å²) in [6, 6.07) is 9.39. The summed E-state index contributed by atoms with van der Waals surface area (Å²) in [5, 5.41) is 4.46. The Morgan fingerprint density at radius 2 is 1.71 bits per heavy atom. The van der Waals surface area contributed by atoms with Crippen LogP contribution in [0.1, 0.15) is 45.4 Å². The van der Waals surface area contributed by atoms with Crippen LogP contribution < -0.4 is 10.2 Å². The molecule has 0 radical (unpaired) electrons. The summed E-state index contributed by atoms with van der Waals surface area (Å²) in [6.07, 6.45) is 8.07. The van der Waals surface area contributed by atoms with Gasteiger partial charge in [-0.2, -0.15) is 5.10 Å². The lowest BCUT2D eigenvalue weighted by Crippen LogP contribution is -2.49. The van der Waals surface area contributed by atoms with E-state index in [4.69, 9.17) is 4.74 Å². The highest BCUT2D eigenvalue weighted by atomic mass is 16.5. The number of hydrogen-bond acceptors (Lipinski definition) is 3. The minimum atomic E-state index is -0.192. The molecular formula is C20H26N2O2. The van der Waals surface area contributed by atoms with Gasteiger partial charge in [-0.3, -0.25) is 4.79 Å². The van der Waals surface area contributed by atoms with E-state index in [2.05, 4.69) is 17.5 Å². The number of hydrogen-bond donors (Lipinski definition) is 1. The number of nitrogens with one attached hydrogen (secondary N) is 1. The third kappa shape index (κ3) is 3.06. The van der Waals surface area contributed by atoms with Gasteiger partial charge in [-0.25, -0.2) is 5.43 Å². The van der Waals surface area contributed by atoms with Gasteiger partial charge in [-0.05, 0) is 75.3 Å². The van der Waals surface area contributed by atoms with Crippen LogP contribution in [0.25, 0.3) is 0 Å². The highest BCUT2D eigenvalue weighted by Gasteiger charge is 2.52. The highest BCUT2D eigenvalue weighted by molar-refractivity contribution is 5.90. The van der Waals surface area contributed by atoms with E-state index in [0.717, 1.165) is 23.5 Å². The molecule has 0 spiro atoms. The van der Waals surface area contributed by atoms with Crippen LogP contribution in [-0.4, -0.2) is 18.2 Å². The Balaban J connectivity index is 1.34. The second-order valence-corrected chi connectivity index (χ2v) is 8.03.